The molecule has 0 aromatic heterocycles. The van der Waals surface area contributed by atoms with Gasteiger partial charge in [-0.25, -0.2) is 0 Å². The van der Waals surface area contributed by atoms with E-state index in [0.717, 1.165) is 43.2 Å². The third-order valence-electron chi connectivity index (χ3n) is 3.98. The van der Waals surface area contributed by atoms with Crippen molar-refractivity contribution in [3.8, 4) is 0 Å². The number of anilines is 1. The summed E-state index contributed by atoms with van der Waals surface area (Å²) in [6.07, 6.45) is 1.23. The average molecular weight is 381 g/mol. The lowest BCUT2D eigenvalue weighted by Gasteiger charge is -2.20. The Hall–Kier alpha value is -1.23. The van der Waals surface area contributed by atoms with Gasteiger partial charge in [-0.05, 0) is 43.4 Å². The molecule has 1 saturated heterocycles. The maximum absolute atomic E-state index is 4.64. The van der Waals surface area contributed by atoms with Gasteiger partial charge in [0.25, 0.3) is 0 Å². The Kier molecular flexibility index (Phi) is 7.21. The van der Waals surface area contributed by atoms with Gasteiger partial charge in [-0.1, -0.05) is 35.8 Å². The van der Waals surface area contributed by atoms with E-state index in [1.165, 1.54) is 12.1 Å². The molecule has 1 unspecified atom stereocenters. The molecule has 4 nitrogen and oxygen atoms in total. The average Bonchev–Trinajstić information content (AvgIpc) is 2.99. The van der Waals surface area contributed by atoms with Crippen LogP contribution in [0.25, 0.3) is 0 Å². The summed E-state index contributed by atoms with van der Waals surface area (Å²) in [5.41, 5.74) is 1.31. The highest BCUT2D eigenvalue weighted by molar-refractivity contribution is 9.10. The lowest BCUT2D eigenvalue weighted by atomic mass is 10.1. The molecule has 23 heavy (non-hydrogen) atoms. The summed E-state index contributed by atoms with van der Waals surface area (Å²) in [5.74, 6) is 2.20. The van der Waals surface area contributed by atoms with Crippen LogP contribution in [0.5, 0.6) is 0 Å². The highest BCUT2D eigenvalue weighted by Gasteiger charge is 2.22. The summed E-state index contributed by atoms with van der Waals surface area (Å²) in [6, 6.07) is 8.57. The maximum Gasteiger partial charge on any atom is 0.191 e. The molecule has 0 spiro atoms. The Morgan fingerprint density at radius 3 is 2.91 bits per heavy atom. The Labute approximate surface area is 148 Å². The molecule has 1 aromatic rings. The number of nitrogens with one attached hydrogen (secondary N) is 2. The molecule has 1 aromatic carbocycles. The van der Waals surface area contributed by atoms with Gasteiger partial charge in [-0.15, -0.1) is 0 Å². The molecule has 1 atom stereocenters. The normalized spacial score (nSPS) is 18.6. The molecule has 0 aliphatic carbocycles. The standard InChI is InChI=1S/C18H29BrN4/c1-4-20-18(21-11-14(2)3)22-12-15-8-9-23(13-15)17-7-5-6-16(19)10-17/h5-7,10,14-15H,4,8-9,11-13H2,1-3H3,(H2,20,21,22). The highest BCUT2D eigenvalue weighted by Crippen LogP contribution is 2.25. The Morgan fingerprint density at radius 1 is 1.39 bits per heavy atom. The zero-order valence-electron chi connectivity index (χ0n) is 14.5. The van der Waals surface area contributed by atoms with Gasteiger partial charge in [0, 0.05) is 42.9 Å². The number of nitrogens with zero attached hydrogens (tertiary/aromatic N) is 2. The van der Waals surface area contributed by atoms with Crippen molar-refractivity contribution in [1.82, 2.24) is 10.6 Å². The van der Waals surface area contributed by atoms with E-state index in [2.05, 4.69) is 81.5 Å². The number of benzene rings is 1. The van der Waals surface area contributed by atoms with Crippen LogP contribution < -0.4 is 15.5 Å². The van der Waals surface area contributed by atoms with Crippen LogP contribution in [-0.4, -0.2) is 38.7 Å². The van der Waals surface area contributed by atoms with Crippen molar-refractivity contribution < 1.29 is 0 Å². The van der Waals surface area contributed by atoms with Gasteiger partial charge in [-0.2, -0.15) is 0 Å². The molecule has 5 heteroatoms. The van der Waals surface area contributed by atoms with Crippen LogP contribution in [0.1, 0.15) is 27.2 Å². The molecular weight excluding hydrogens is 352 g/mol. The summed E-state index contributed by atoms with van der Waals surface area (Å²) in [5, 5.41) is 6.84. The van der Waals surface area contributed by atoms with E-state index >= 15 is 0 Å². The lowest BCUT2D eigenvalue weighted by molar-refractivity contribution is 0.563. The molecule has 0 amide bonds. The smallest absolute Gasteiger partial charge is 0.191 e. The van der Waals surface area contributed by atoms with Crippen molar-refractivity contribution in [2.24, 2.45) is 16.8 Å². The SMILES string of the molecule is CCNC(=NCC(C)C)NCC1CCN(c2cccc(Br)c2)C1. The number of hydrogen-bond acceptors (Lipinski definition) is 2. The molecule has 2 N–H and O–H groups in total. The van der Waals surface area contributed by atoms with Gasteiger partial charge >= 0.3 is 0 Å². The van der Waals surface area contributed by atoms with E-state index in [0.29, 0.717) is 11.8 Å². The summed E-state index contributed by atoms with van der Waals surface area (Å²) in [6.45, 7) is 11.5. The predicted molar refractivity (Wildman–Crippen MR) is 103 cm³/mol. The Morgan fingerprint density at radius 2 is 2.22 bits per heavy atom. The highest BCUT2D eigenvalue weighted by atomic mass is 79.9. The van der Waals surface area contributed by atoms with E-state index in [-0.39, 0.29) is 0 Å². The first-order chi connectivity index (χ1) is 11.1. The van der Waals surface area contributed by atoms with Crippen LogP contribution in [0.3, 0.4) is 0 Å². The largest absolute Gasteiger partial charge is 0.371 e. The Balaban J connectivity index is 1.83. The topological polar surface area (TPSA) is 39.7 Å². The molecule has 1 aliphatic heterocycles. The minimum atomic E-state index is 0.587. The van der Waals surface area contributed by atoms with Gasteiger partial charge < -0.3 is 15.5 Å². The second kappa shape index (κ2) is 9.16. The molecule has 1 aliphatic rings. The van der Waals surface area contributed by atoms with Crippen LogP contribution in [-0.2, 0) is 0 Å². The molecule has 0 radical (unpaired) electrons. The van der Waals surface area contributed by atoms with E-state index < -0.39 is 0 Å². The number of aliphatic imine (C=N–C) groups is 1. The van der Waals surface area contributed by atoms with Gasteiger partial charge in [0.1, 0.15) is 0 Å². The first-order valence-electron chi connectivity index (χ1n) is 8.61. The summed E-state index contributed by atoms with van der Waals surface area (Å²) >= 11 is 3.56. The second-order valence-corrected chi connectivity index (χ2v) is 7.49. The van der Waals surface area contributed by atoms with Crippen LogP contribution in [0, 0.1) is 11.8 Å². The summed E-state index contributed by atoms with van der Waals surface area (Å²) < 4.78 is 1.15. The van der Waals surface area contributed by atoms with E-state index in [9.17, 15) is 0 Å². The molecule has 1 heterocycles. The van der Waals surface area contributed by atoms with Gasteiger partial charge in [0.05, 0.1) is 0 Å². The van der Waals surface area contributed by atoms with Crippen molar-refractivity contribution >= 4 is 27.6 Å². The van der Waals surface area contributed by atoms with Crippen molar-refractivity contribution in [3.05, 3.63) is 28.7 Å². The van der Waals surface area contributed by atoms with Gasteiger partial charge in [-0.3, -0.25) is 4.99 Å². The fraction of sp³-hybridized carbons (Fsp3) is 0.611. The lowest BCUT2D eigenvalue weighted by Crippen LogP contribution is -2.40. The summed E-state index contributed by atoms with van der Waals surface area (Å²) in [7, 11) is 0. The zero-order valence-corrected chi connectivity index (χ0v) is 16.1. The monoisotopic (exact) mass is 380 g/mol. The van der Waals surface area contributed by atoms with Crippen LogP contribution in [0.4, 0.5) is 5.69 Å². The second-order valence-electron chi connectivity index (χ2n) is 6.57. The fourth-order valence-electron chi connectivity index (χ4n) is 2.76. The first-order valence-corrected chi connectivity index (χ1v) is 9.40. The van der Waals surface area contributed by atoms with Crippen molar-refractivity contribution in [2.75, 3.05) is 37.6 Å². The quantitative estimate of drug-likeness (QED) is 0.586. The van der Waals surface area contributed by atoms with Crippen molar-refractivity contribution in [2.45, 2.75) is 27.2 Å². The third kappa shape index (κ3) is 6.05. The minimum absolute atomic E-state index is 0.587. The van der Waals surface area contributed by atoms with Gasteiger partial charge in [0.2, 0.25) is 0 Å². The fourth-order valence-corrected chi connectivity index (χ4v) is 3.15. The minimum Gasteiger partial charge on any atom is -0.371 e. The Bertz CT molecular complexity index is 515. The predicted octanol–water partition coefficient (Wildman–Crippen LogP) is 3.49. The zero-order chi connectivity index (χ0) is 16.7. The number of hydrogen-bond donors (Lipinski definition) is 2. The van der Waals surface area contributed by atoms with Crippen molar-refractivity contribution in [1.29, 1.82) is 0 Å². The molecule has 1 fully saturated rings. The first kappa shape index (κ1) is 18.1. The van der Waals surface area contributed by atoms with Crippen molar-refractivity contribution in [3.63, 3.8) is 0 Å². The summed E-state index contributed by atoms with van der Waals surface area (Å²) in [4.78, 5) is 7.10. The molecule has 0 saturated carbocycles. The molecular formula is C18H29BrN4. The van der Waals surface area contributed by atoms with Crippen LogP contribution >= 0.6 is 15.9 Å². The number of guanidine groups is 1. The molecule has 2 rings (SSSR count). The van der Waals surface area contributed by atoms with Gasteiger partial charge in [0.15, 0.2) is 5.96 Å². The maximum atomic E-state index is 4.64. The third-order valence-corrected chi connectivity index (χ3v) is 4.47. The van der Waals surface area contributed by atoms with E-state index in [4.69, 9.17) is 0 Å². The van der Waals surface area contributed by atoms with Crippen LogP contribution in [0.15, 0.2) is 33.7 Å². The number of rotatable bonds is 6. The molecule has 0 bridgehead atoms. The van der Waals surface area contributed by atoms with E-state index in [1.54, 1.807) is 0 Å². The van der Waals surface area contributed by atoms with Crippen LogP contribution in [0.2, 0.25) is 0 Å². The number of halogens is 1. The molecule has 128 valence electrons. The van der Waals surface area contributed by atoms with E-state index in [1.807, 2.05) is 0 Å².